The van der Waals surface area contributed by atoms with E-state index >= 15 is 0 Å². The first kappa shape index (κ1) is 14.1. The zero-order chi connectivity index (χ0) is 15.0. The topological polar surface area (TPSA) is 20.3 Å². The van der Waals surface area contributed by atoms with Crippen LogP contribution in [0, 0.1) is 5.82 Å². The largest absolute Gasteiger partial charge is 0.305 e. The summed E-state index contributed by atoms with van der Waals surface area (Å²) in [4.78, 5) is 14.6. The first-order valence-corrected chi connectivity index (χ1v) is 7.32. The van der Waals surface area contributed by atoms with Gasteiger partial charge in [0.2, 0.25) is 0 Å². The van der Waals surface area contributed by atoms with Gasteiger partial charge in [-0.15, -0.1) is 0 Å². The van der Waals surface area contributed by atoms with Crippen LogP contribution in [0.2, 0.25) is 5.02 Å². The number of halogens is 2. The fourth-order valence-corrected chi connectivity index (χ4v) is 3.04. The van der Waals surface area contributed by atoms with E-state index in [1.165, 1.54) is 18.2 Å². The van der Waals surface area contributed by atoms with E-state index in [-0.39, 0.29) is 17.0 Å². The molecule has 0 aliphatic carbocycles. The molecule has 0 N–H and O–H groups in total. The summed E-state index contributed by atoms with van der Waals surface area (Å²) in [6.07, 6.45) is 1.86. The third-order valence-electron chi connectivity index (χ3n) is 3.90. The van der Waals surface area contributed by atoms with Crippen molar-refractivity contribution in [2.75, 3.05) is 4.90 Å². The molecule has 4 heteroatoms. The van der Waals surface area contributed by atoms with Crippen molar-refractivity contribution in [3.8, 4) is 0 Å². The van der Waals surface area contributed by atoms with Gasteiger partial charge in [-0.05, 0) is 49.6 Å². The number of carbonyl (C=O) groups excluding carboxylic acids is 1. The number of fused-ring (bicyclic) bond motifs is 1. The Morgan fingerprint density at radius 2 is 2.05 bits per heavy atom. The third-order valence-corrected chi connectivity index (χ3v) is 4.22. The highest BCUT2D eigenvalue weighted by molar-refractivity contribution is 6.34. The smallest absolute Gasteiger partial charge is 0.260 e. The maximum atomic E-state index is 13.2. The molecule has 1 atom stereocenters. The molecule has 0 saturated carbocycles. The number of hydrogen-bond donors (Lipinski definition) is 0. The lowest BCUT2D eigenvalue weighted by atomic mass is 9.96. The molecule has 0 aromatic heterocycles. The summed E-state index contributed by atoms with van der Waals surface area (Å²) < 4.78 is 13.2. The summed E-state index contributed by atoms with van der Waals surface area (Å²) in [5, 5.41) is 0.148. The van der Waals surface area contributed by atoms with Crippen LogP contribution in [-0.2, 0) is 6.42 Å². The molecule has 0 fully saturated rings. The van der Waals surface area contributed by atoms with Gasteiger partial charge >= 0.3 is 0 Å². The van der Waals surface area contributed by atoms with Crippen molar-refractivity contribution in [1.82, 2.24) is 0 Å². The predicted octanol–water partition coefficient (Wildman–Crippen LogP) is 4.46. The average molecular weight is 304 g/mol. The number of anilines is 1. The molecule has 0 spiro atoms. The van der Waals surface area contributed by atoms with Crippen LogP contribution in [0.3, 0.4) is 0 Å². The molecule has 1 amide bonds. The van der Waals surface area contributed by atoms with Crippen LogP contribution in [0.15, 0.2) is 42.5 Å². The van der Waals surface area contributed by atoms with Crippen molar-refractivity contribution in [2.24, 2.45) is 0 Å². The van der Waals surface area contributed by atoms with Crippen molar-refractivity contribution < 1.29 is 9.18 Å². The van der Waals surface area contributed by atoms with Gasteiger partial charge in [-0.3, -0.25) is 4.79 Å². The Hall–Kier alpha value is -1.87. The molecule has 3 rings (SSSR count). The zero-order valence-corrected chi connectivity index (χ0v) is 12.4. The van der Waals surface area contributed by atoms with Gasteiger partial charge in [0.25, 0.3) is 5.91 Å². The maximum absolute atomic E-state index is 13.2. The predicted molar refractivity (Wildman–Crippen MR) is 82.4 cm³/mol. The average Bonchev–Trinajstić information content (AvgIpc) is 2.46. The molecule has 1 unspecified atom stereocenters. The maximum Gasteiger partial charge on any atom is 0.260 e. The second-order valence-electron chi connectivity index (χ2n) is 5.32. The number of para-hydroxylation sites is 1. The van der Waals surface area contributed by atoms with Gasteiger partial charge in [0.05, 0.1) is 10.6 Å². The standard InChI is InChI=1S/C17H15ClFNO/c1-11-6-7-12-4-2-3-5-16(12)20(11)17(21)14-9-8-13(19)10-15(14)18/h2-5,8-11H,6-7H2,1H3. The van der Waals surface area contributed by atoms with Gasteiger partial charge in [0.15, 0.2) is 0 Å². The third kappa shape index (κ3) is 2.54. The zero-order valence-electron chi connectivity index (χ0n) is 11.6. The molecule has 0 radical (unpaired) electrons. The number of aryl methyl sites for hydroxylation is 1. The Bertz CT molecular complexity index is 701. The Balaban J connectivity index is 2.05. The minimum absolute atomic E-state index is 0.0912. The number of rotatable bonds is 1. The lowest BCUT2D eigenvalue weighted by Gasteiger charge is -2.35. The summed E-state index contributed by atoms with van der Waals surface area (Å²) in [7, 11) is 0. The molecule has 2 nitrogen and oxygen atoms in total. The summed E-state index contributed by atoms with van der Waals surface area (Å²) in [6, 6.07) is 11.9. The van der Waals surface area contributed by atoms with Gasteiger partial charge in [-0.2, -0.15) is 0 Å². The normalized spacial score (nSPS) is 17.5. The van der Waals surface area contributed by atoms with Crippen molar-refractivity contribution in [1.29, 1.82) is 0 Å². The van der Waals surface area contributed by atoms with Crippen LogP contribution in [-0.4, -0.2) is 11.9 Å². The molecule has 21 heavy (non-hydrogen) atoms. The monoisotopic (exact) mass is 303 g/mol. The Labute approximate surface area is 128 Å². The van der Waals surface area contributed by atoms with Crippen LogP contribution in [0.4, 0.5) is 10.1 Å². The number of hydrogen-bond acceptors (Lipinski definition) is 1. The lowest BCUT2D eigenvalue weighted by molar-refractivity contribution is 0.0975. The molecular formula is C17H15ClFNO. The van der Waals surface area contributed by atoms with E-state index in [9.17, 15) is 9.18 Å². The van der Waals surface area contributed by atoms with Gasteiger partial charge in [0.1, 0.15) is 5.82 Å². The van der Waals surface area contributed by atoms with E-state index in [0.29, 0.717) is 5.56 Å². The molecular weight excluding hydrogens is 289 g/mol. The first-order valence-electron chi connectivity index (χ1n) is 6.94. The van der Waals surface area contributed by atoms with Crippen LogP contribution < -0.4 is 4.90 Å². The van der Waals surface area contributed by atoms with Gasteiger partial charge in [-0.1, -0.05) is 29.8 Å². The van der Waals surface area contributed by atoms with Crippen molar-refractivity contribution >= 4 is 23.2 Å². The van der Waals surface area contributed by atoms with Crippen molar-refractivity contribution in [3.05, 3.63) is 64.4 Å². The highest BCUT2D eigenvalue weighted by Gasteiger charge is 2.29. The van der Waals surface area contributed by atoms with E-state index in [0.717, 1.165) is 24.1 Å². The minimum Gasteiger partial charge on any atom is -0.305 e. The highest BCUT2D eigenvalue weighted by atomic mass is 35.5. The first-order chi connectivity index (χ1) is 10.1. The Morgan fingerprint density at radius 1 is 1.29 bits per heavy atom. The lowest BCUT2D eigenvalue weighted by Crippen LogP contribution is -2.42. The van der Waals surface area contributed by atoms with Crippen LogP contribution in [0.1, 0.15) is 29.3 Å². The second-order valence-corrected chi connectivity index (χ2v) is 5.72. The van der Waals surface area contributed by atoms with Crippen molar-refractivity contribution in [3.63, 3.8) is 0 Å². The number of benzene rings is 2. The SMILES string of the molecule is CC1CCc2ccccc2N1C(=O)c1ccc(F)cc1Cl. The molecule has 0 bridgehead atoms. The fraction of sp³-hybridized carbons (Fsp3) is 0.235. The number of amides is 1. The minimum atomic E-state index is -0.441. The van der Waals surface area contributed by atoms with Gasteiger partial charge < -0.3 is 4.90 Å². The second kappa shape index (κ2) is 5.49. The summed E-state index contributed by atoms with van der Waals surface area (Å²) in [5.74, 6) is -0.622. The fourth-order valence-electron chi connectivity index (χ4n) is 2.79. The van der Waals surface area contributed by atoms with Crippen LogP contribution in [0.5, 0.6) is 0 Å². The van der Waals surface area contributed by atoms with E-state index in [1.807, 2.05) is 31.2 Å². The van der Waals surface area contributed by atoms with Gasteiger partial charge in [0, 0.05) is 11.7 Å². The quantitative estimate of drug-likeness (QED) is 0.761. The van der Waals surface area contributed by atoms with Crippen molar-refractivity contribution in [2.45, 2.75) is 25.8 Å². The van der Waals surface area contributed by atoms with E-state index < -0.39 is 5.82 Å². The van der Waals surface area contributed by atoms with E-state index in [2.05, 4.69) is 0 Å². The molecule has 1 aliphatic rings. The summed E-state index contributed by atoms with van der Waals surface area (Å²) in [6.45, 7) is 2.02. The molecule has 1 aliphatic heterocycles. The Kier molecular flexibility index (Phi) is 3.68. The number of carbonyl (C=O) groups is 1. The molecule has 2 aromatic rings. The summed E-state index contributed by atoms with van der Waals surface area (Å²) >= 11 is 6.03. The molecule has 108 valence electrons. The van der Waals surface area contributed by atoms with Crippen LogP contribution >= 0.6 is 11.6 Å². The number of nitrogens with zero attached hydrogens (tertiary/aromatic N) is 1. The van der Waals surface area contributed by atoms with E-state index in [4.69, 9.17) is 11.6 Å². The van der Waals surface area contributed by atoms with E-state index in [1.54, 1.807) is 4.90 Å². The molecule has 2 aromatic carbocycles. The highest BCUT2D eigenvalue weighted by Crippen LogP contribution is 2.32. The summed E-state index contributed by atoms with van der Waals surface area (Å²) in [5.41, 5.74) is 2.41. The molecule has 0 saturated heterocycles. The van der Waals surface area contributed by atoms with Gasteiger partial charge in [-0.25, -0.2) is 4.39 Å². The molecule has 1 heterocycles. The Morgan fingerprint density at radius 3 is 2.81 bits per heavy atom. The van der Waals surface area contributed by atoms with Crippen LogP contribution in [0.25, 0.3) is 0 Å².